The lowest BCUT2D eigenvalue weighted by Crippen LogP contribution is -2.35. The van der Waals surface area contributed by atoms with Gasteiger partial charge in [-0.2, -0.15) is 0 Å². The SMILES string of the molecule is CC(=O)[C@@H]1[C@H](C2COC2)N1C(c1ccccc1)c1ccccc1. The number of hydrogen-bond donors (Lipinski definition) is 0. The predicted octanol–water partition coefficient (Wildman–Crippen LogP) is 3.06. The van der Waals surface area contributed by atoms with Crippen molar-refractivity contribution in [3.8, 4) is 0 Å². The van der Waals surface area contributed by atoms with Gasteiger partial charge in [0.2, 0.25) is 0 Å². The molecule has 0 aromatic heterocycles. The molecule has 0 radical (unpaired) electrons. The zero-order valence-corrected chi connectivity index (χ0v) is 13.3. The number of nitrogens with zero attached hydrogens (tertiary/aromatic N) is 1. The summed E-state index contributed by atoms with van der Waals surface area (Å²) in [6, 6.07) is 21.4. The smallest absolute Gasteiger partial charge is 0.148 e. The van der Waals surface area contributed by atoms with E-state index in [4.69, 9.17) is 4.74 Å². The maximum Gasteiger partial charge on any atom is 0.148 e. The van der Waals surface area contributed by atoms with Gasteiger partial charge < -0.3 is 4.74 Å². The Bertz CT molecular complexity index is 642. The van der Waals surface area contributed by atoms with Crippen LogP contribution in [0.4, 0.5) is 0 Å². The second-order valence-electron chi connectivity index (χ2n) is 6.51. The second-order valence-corrected chi connectivity index (χ2v) is 6.51. The van der Waals surface area contributed by atoms with E-state index in [2.05, 4.69) is 53.4 Å². The summed E-state index contributed by atoms with van der Waals surface area (Å²) in [7, 11) is 0. The van der Waals surface area contributed by atoms with E-state index in [1.807, 2.05) is 12.1 Å². The van der Waals surface area contributed by atoms with Gasteiger partial charge in [-0.05, 0) is 18.1 Å². The molecule has 23 heavy (non-hydrogen) atoms. The van der Waals surface area contributed by atoms with Crippen molar-refractivity contribution in [2.45, 2.75) is 25.0 Å². The predicted molar refractivity (Wildman–Crippen MR) is 89.1 cm³/mol. The number of rotatable bonds is 5. The van der Waals surface area contributed by atoms with Crippen molar-refractivity contribution >= 4 is 5.78 Å². The Balaban J connectivity index is 1.72. The summed E-state index contributed by atoms with van der Waals surface area (Å²) in [5.74, 6) is 0.748. The molecule has 2 aliphatic heterocycles. The Hall–Kier alpha value is -1.97. The van der Waals surface area contributed by atoms with E-state index in [9.17, 15) is 4.79 Å². The van der Waals surface area contributed by atoms with Gasteiger partial charge in [0.15, 0.2) is 0 Å². The van der Waals surface area contributed by atoms with Gasteiger partial charge in [-0.15, -0.1) is 0 Å². The first-order chi connectivity index (χ1) is 11.3. The van der Waals surface area contributed by atoms with E-state index in [1.165, 1.54) is 11.1 Å². The van der Waals surface area contributed by atoms with E-state index < -0.39 is 0 Å². The zero-order valence-electron chi connectivity index (χ0n) is 13.3. The fraction of sp³-hybridized carbons (Fsp3) is 0.350. The van der Waals surface area contributed by atoms with E-state index in [0.29, 0.717) is 12.0 Å². The number of benzene rings is 2. The zero-order chi connectivity index (χ0) is 15.8. The maximum atomic E-state index is 12.2. The molecule has 0 amide bonds. The van der Waals surface area contributed by atoms with Crippen molar-refractivity contribution in [3.63, 3.8) is 0 Å². The first-order valence-electron chi connectivity index (χ1n) is 8.23. The van der Waals surface area contributed by atoms with Crippen LogP contribution in [0.2, 0.25) is 0 Å². The van der Waals surface area contributed by atoms with Crippen molar-refractivity contribution in [2.75, 3.05) is 13.2 Å². The van der Waals surface area contributed by atoms with E-state index in [-0.39, 0.29) is 17.9 Å². The summed E-state index contributed by atoms with van der Waals surface area (Å²) in [6.07, 6.45) is 0. The van der Waals surface area contributed by atoms with Crippen LogP contribution in [0.5, 0.6) is 0 Å². The van der Waals surface area contributed by atoms with Crippen LogP contribution in [-0.2, 0) is 9.53 Å². The third-order valence-corrected chi connectivity index (χ3v) is 4.99. The second kappa shape index (κ2) is 5.91. The van der Waals surface area contributed by atoms with Gasteiger partial charge in [-0.3, -0.25) is 9.69 Å². The van der Waals surface area contributed by atoms with Gasteiger partial charge in [-0.1, -0.05) is 60.7 Å². The molecule has 0 aliphatic carbocycles. The van der Waals surface area contributed by atoms with Crippen LogP contribution >= 0.6 is 0 Å². The molecule has 0 spiro atoms. The molecule has 4 rings (SSSR count). The topological polar surface area (TPSA) is 29.3 Å². The van der Waals surface area contributed by atoms with Gasteiger partial charge in [0, 0.05) is 12.0 Å². The molecular weight excluding hydrogens is 286 g/mol. The summed E-state index contributed by atoms with van der Waals surface area (Å²) in [6.45, 7) is 3.27. The highest BCUT2D eigenvalue weighted by atomic mass is 16.5. The summed E-state index contributed by atoms with van der Waals surface area (Å²) >= 11 is 0. The number of carbonyl (C=O) groups is 1. The molecule has 118 valence electrons. The molecule has 0 bridgehead atoms. The minimum Gasteiger partial charge on any atom is -0.381 e. The van der Waals surface area contributed by atoms with Gasteiger partial charge in [-0.25, -0.2) is 0 Å². The fourth-order valence-electron chi connectivity index (χ4n) is 3.81. The molecule has 2 heterocycles. The average Bonchev–Trinajstić information content (AvgIpc) is 3.23. The fourth-order valence-corrected chi connectivity index (χ4v) is 3.81. The Morgan fingerprint density at radius 3 is 1.91 bits per heavy atom. The maximum absolute atomic E-state index is 12.2. The van der Waals surface area contributed by atoms with E-state index in [1.54, 1.807) is 6.92 Å². The Kier molecular flexibility index (Phi) is 3.76. The minimum absolute atomic E-state index is 0.0225. The van der Waals surface area contributed by atoms with Crippen LogP contribution in [0.3, 0.4) is 0 Å². The molecular formula is C20H21NO2. The number of ketones is 1. The molecule has 0 saturated carbocycles. The lowest BCUT2D eigenvalue weighted by Gasteiger charge is -2.28. The lowest BCUT2D eigenvalue weighted by atomic mass is 9.97. The molecule has 0 N–H and O–H groups in total. The first-order valence-corrected chi connectivity index (χ1v) is 8.23. The number of ether oxygens (including phenoxy) is 1. The lowest BCUT2D eigenvalue weighted by molar-refractivity contribution is -0.117. The highest BCUT2D eigenvalue weighted by Gasteiger charge is 2.59. The van der Waals surface area contributed by atoms with E-state index in [0.717, 1.165) is 13.2 Å². The molecule has 2 aromatic carbocycles. The Labute approximate surface area is 136 Å². The molecule has 2 saturated heterocycles. The van der Waals surface area contributed by atoms with Gasteiger partial charge in [0.25, 0.3) is 0 Å². The average molecular weight is 307 g/mol. The minimum atomic E-state index is 0.0225. The summed E-state index contributed by atoms with van der Waals surface area (Å²) in [5, 5.41) is 0. The third-order valence-electron chi connectivity index (χ3n) is 4.99. The van der Waals surface area contributed by atoms with Crippen LogP contribution in [0, 0.1) is 5.92 Å². The van der Waals surface area contributed by atoms with Crippen LogP contribution < -0.4 is 0 Å². The molecule has 2 aromatic rings. The van der Waals surface area contributed by atoms with Crippen LogP contribution in [0.1, 0.15) is 24.1 Å². The normalized spacial score (nSPS) is 26.8. The van der Waals surface area contributed by atoms with Gasteiger partial charge in [0.05, 0.1) is 25.3 Å². The Morgan fingerprint density at radius 2 is 1.52 bits per heavy atom. The van der Waals surface area contributed by atoms with Crippen molar-refractivity contribution in [2.24, 2.45) is 5.92 Å². The number of hydrogen-bond acceptors (Lipinski definition) is 3. The first kappa shape index (κ1) is 14.6. The Morgan fingerprint density at radius 1 is 1.00 bits per heavy atom. The molecule has 1 unspecified atom stereocenters. The molecule has 3 heteroatoms. The summed E-state index contributed by atoms with van der Waals surface area (Å²) in [4.78, 5) is 14.5. The van der Waals surface area contributed by atoms with Crippen molar-refractivity contribution in [1.82, 2.24) is 4.90 Å². The van der Waals surface area contributed by atoms with Crippen LogP contribution in [0.15, 0.2) is 60.7 Å². The molecule has 3 nitrogen and oxygen atoms in total. The largest absolute Gasteiger partial charge is 0.381 e. The van der Waals surface area contributed by atoms with Gasteiger partial charge >= 0.3 is 0 Å². The highest BCUT2D eigenvalue weighted by Crippen LogP contribution is 2.47. The molecule has 2 aliphatic rings. The van der Waals surface area contributed by atoms with Crippen molar-refractivity contribution in [3.05, 3.63) is 71.8 Å². The quantitative estimate of drug-likeness (QED) is 0.795. The number of Topliss-reactive ketones (excluding diaryl/α,β-unsaturated/α-hetero) is 1. The third kappa shape index (κ3) is 2.60. The highest BCUT2D eigenvalue weighted by molar-refractivity contribution is 5.85. The summed E-state index contributed by atoms with van der Waals surface area (Å²) in [5.41, 5.74) is 2.49. The van der Waals surface area contributed by atoms with Crippen molar-refractivity contribution < 1.29 is 9.53 Å². The van der Waals surface area contributed by atoms with E-state index >= 15 is 0 Å². The summed E-state index contributed by atoms with van der Waals surface area (Å²) < 4.78 is 5.37. The standard InChI is InChI=1S/C20H21NO2/c1-14(22)18-20(17-12-23-13-17)21(18)19(15-8-4-2-5-9-15)16-10-6-3-7-11-16/h2-11,17-20H,12-13H2,1H3/t18-,20+,21?/m1/s1. The monoisotopic (exact) mass is 307 g/mol. The van der Waals surface area contributed by atoms with Gasteiger partial charge in [0.1, 0.15) is 5.78 Å². The number of carbonyl (C=O) groups excluding carboxylic acids is 1. The van der Waals surface area contributed by atoms with Crippen LogP contribution in [0.25, 0.3) is 0 Å². The van der Waals surface area contributed by atoms with Crippen LogP contribution in [-0.4, -0.2) is 36.0 Å². The molecule has 3 atom stereocenters. The van der Waals surface area contributed by atoms with Crippen molar-refractivity contribution in [1.29, 1.82) is 0 Å². The molecule has 2 fully saturated rings.